The monoisotopic (exact) mass is 239 g/mol. The van der Waals surface area contributed by atoms with Crippen molar-refractivity contribution in [3.05, 3.63) is 0 Å². The molecule has 2 rings (SSSR count). The minimum absolute atomic E-state index is 0.655. The highest BCUT2D eigenvalue weighted by Gasteiger charge is 2.21. The third-order valence-corrected chi connectivity index (χ3v) is 4.20. The van der Waals surface area contributed by atoms with Crippen LogP contribution in [0, 0.1) is 0 Å². The van der Waals surface area contributed by atoms with E-state index in [0.29, 0.717) is 12.1 Å². The van der Waals surface area contributed by atoms with Crippen LogP contribution < -0.4 is 10.6 Å². The molecule has 2 heterocycles. The van der Waals surface area contributed by atoms with Crippen LogP contribution in [0.1, 0.15) is 45.4 Å². The Bertz CT molecular complexity index is 214. The molecule has 0 saturated carbocycles. The van der Waals surface area contributed by atoms with E-state index in [0.717, 1.165) is 6.04 Å². The molecule has 0 aromatic rings. The fourth-order valence-electron chi connectivity index (χ4n) is 3.32. The van der Waals surface area contributed by atoms with E-state index in [-0.39, 0.29) is 0 Å². The summed E-state index contributed by atoms with van der Waals surface area (Å²) in [5.74, 6) is 0. The molecule has 2 fully saturated rings. The molecule has 2 saturated heterocycles. The van der Waals surface area contributed by atoms with E-state index in [9.17, 15) is 0 Å². The van der Waals surface area contributed by atoms with Gasteiger partial charge in [0.2, 0.25) is 0 Å². The van der Waals surface area contributed by atoms with Gasteiger partial charge < -0.3 is 15.5 Å². The van der Waals surface area contributed by atoms with Crippen LogP contribution in [-0.4, -0.2) is 49.7 Å². The zero-order chi connectivity index (χ0) is 12.1. The third-order valence-electron chi connectivity index (χ3n) is 4.20. The predicted molar refractivity (Wildman–Crippen MR) is 73.4 cm³/mol. The number of nitrogens with zero attached hydrogens (tertiary/aromatic N) is 1. The van der Waals surface area contributed by atoms with Crippen LogP contribution in [0.15, 0.2) is 0 Å². The molecule has 0 aromatic heterocycles. The van der Waals surface area contributed by atoms with E-state index in [2.05, 4.69) is 29.5 Å². The first-order valence-electron chi connectivity index (χ1n) is 7.42. The van der Waals surface area contributed by atoms with Crippen molar-refractivity contribution in [2.75, 3.05) is 26.7 Å². The first-order valence-corrected chi connectivity index (χ1v) is 7.42. The summed E-state index contributed by atoms with van der Waals surface area (Å²) in [4.78, 5) is 2.45. The Morgan fingerprint density at radius 3 is 2.88 bits per heavy atom. The molecular weight excluding hydrogens is 210 g/mol. The molecule has 0 radical (unpaired) electrons. The second-order valence-electron chi connectivity index (χ2n) is 6.05. The lowest BCUT2D eigenvalue weighted by atomic mass is 9.97. The van der Waals surface area contributed by atoms with Crippen molar-refractivity contribution in [3.63, 3.8) is 0 Å². The average Bonchev–Trinajstić information content (AvgIpc) is 2.30. The molecule has 2 N–H and O–H groups in total. The second kappa shape index (κ2) is 6.72. The Morgan fingerprint density at radius 1 is 1.29 bits per heavy atom. The van der Waals surface area contributed by atoms with Gasteiger partial charge in [-0.1, -0.05) is 6.42 Å². The molecule has 2 aliphatic rings. The molecule has 0 spiro atoms. The zero-order valence-corrected chi connectivity index (χ0v) is 11.5. The number of rotatable bonds is 4. The first-order chi connectivity index (χ1) is 8.24. The summed E-state index contributed by atoms with van der Waals surface area (Å²) >= 11 is 0. The van der Waals surface area contributed by atoms with Crippen molar-refractivity contribution in [3.8, 4) is 0 Å². The maximum Gasteiger partial charge on any atom is 0.0197 e. The molecule has 17 heavy (non-hydrogen) atoms. The van der Waals surface area contributed by atoms with Crippen molar-refractivity contribution in [2.45, 2.75) is 63.6 Å². The SMILES string of the molecule is CC(CC1CCCCN1)NC1CCCN(C)C1. The van der Waals surface area contributed by atoms with Gasteiger partial charge in [-0.3, -0.25) is 0 Å². The van der Waals surface area contributed by atoms with E-state index in [4.69, 9.17) is 0 Å². The number of hydrogen-bond acceptors (Lipinski definition) is 3. The maximum absolute atomic E-state index is 3.81. The summed E-state index contributed by atoms with van der Waals surface area (Å²) in [6.07, 6.45) is 8.15. The van der Waals surface area contributed by atoms with E-state index in [1.54, 1.807) is 0 Å². The summed E-state index contributed by atoms with van der Waals surface area (Å²) < 4.78 is 0. The van der Waals surface area contributed by atoms with Gasteiger partial charge in [0.25, 0.3) is 0 Å². The number of likely N-dealkylation sites (tertiary alicyclic amines) is 1. The quantitative estimate of drug-likeness (QED) is 0.780. The Hall–Kier alpha value is -0.120. The third kappa shape index (κ3) is 4.57. The average molecular weight is 239 g/mol. The first kappa shape index (κ1) is 13.3. The van der Waals surface area contributed by atoms with Crippen molar-refractivity contribution < 1.29 is 0 Å². The lowest BCUT2D eigenvalue weighted by Crippen LogP contribution is -2.49. The van der Waals surface area contributed by atoms with Gasteiger partial charge in [-0.2, -0.15) is 0 Å². The predicted octanol–water partition coefficient (Wildman–Crippen LogP) is 1.59. The van der Waals surface area contributed by atoms with Gasteiger partial charge in [0.1, 0.15) is 0 Å². The largest absolute Gasteiger partial charge is 0.314 e. The summed E-state index contributed by atoms with van der Waals surface area (Å²) in [6, 6.07) is 2.13. The number of likely N-dealkylation sites (N-methyl/N-ethyl adjacent to an activating group) is 1. The molecule has 3 nitrogen and oxygen atoms in total. The van der Waals surface area contributed by atoms with E-state index in [1.165, 1.54) is 58.2 Å². The highest BCUT2D eigenvalue weighted by molar-refractivity contribution is 4.82. The molecule has 3 atom stereocenters. The van der Waals surface area contributed by atoms with Gasteiger partial charge in [-0.15, -0.1) is 0 Å². The minimum Gasteiger partial charge on any atom is -0.314 e. The van der Waals surface area contributed by atoms with Crippen LogP contribution in [0.5, 0.6) is 0 Å². The summed E-state index contributed by atoms with van der Waals surface area (Å²) in [6.45, 7) is 6.08. The van der Waals surface area contributed by atoms with Crippen LogP contribution in [0.25, 0.3) is 0 Å². The van der Waals surface area contributed by atoms with Crippen LogP contribution in [0.3, 0.4) is 0 Å². The molecule has 2 aliphatic heterocycles. The lowest BCUT2D eigenvalue weighted by Gasteiger charge is -2.34. The van der Waals surface area contributed by atoms with Gasteiger partial charge in [-0.25, -0.2) is 0 Å². The molecule has 3 unspecified atom stereocenters. The van der Waals surface area contributed by atoms with E-state index >= 15 is 0 Å². The molecule has 100 valence electrons. The van der Waals surface area contributed by atoms with Crippen LogP contribution in [-0.2, 0) is 0 Å². The summed E-state index contributed by atoms with van der Waals surface area (Å²) in [5.41, 5.74) is 0. The fourth-order valence-corrected chi connectivity index (χ4v) is 3.32. The molecule has 0 bridgehead atoms. The lowest BCUT2D eigenvalue weighted by molar-refractivity contribution is 0.211. The smallest absolute Gasteiger partial charge is 0.0197 e. The van der Waals surface area contributed by atoms with E-state index in [1.807, 2.05) is 0 Å². The molecule has 0 aromatic carbocycles. The number of hydrogen-bond donors (Lipinski definition) is 2. The van der Waals surface area contributed by atoms with Crippen LogP contribution in [0.4, 0.5) is 0 Å². The fraction of sp³-hybridized carbons (Fsp3) is 1.00. The molecule has 3 heteroatoms. The highest BCUT2D eigenvalue weighted by atomic mass is 15.1. The van der Waals surface area contributed by atoms with Crippen molar-refractivity contribution in [2.24, 2.45) is 0 Å². The van der Waals surface area contributed by atoms with Crippen molar-refractivity contribution >= 4 is 0 Å². The van der Waals surface area contributed by atoms with Crippen LogP contribution in [0.2, 0.25) is 0 Å². The Balaban J connectivity index is 1.66. The minimum atomic E-state index is 0.655. The Morgan fingerprint density at radius 2 is 2.18 bits per heavy atom. The second-order valence-corrected chi connectivity index (χ2v) is 6.05. The standard InChI is InChI=1S/C14H29N3/c1-12(10-13-6-3-4-8-15-13)16-14-7-5-9-17(2)11-14/h12-16H,3-11H2,1-2H3. The highest BCUT2D eigenvalue weighted by Crippen LogP contribution is 2.14. The van der Waals surface area contributed by atoms with Crippen LogP contribution >= 0.6 is 0 Å². The maximum atomic E-state index is 3.81. The Labute approximate surface area is 106 Å². The van der Waals surface area contributed by atoms with Crippen molar-refractivity contribution in [1.29, 1.82) is 0 Å². The Kier molecular flexibility index (Phi) is 5.26. The van der Waals surface area contributed by atoms with Gasteiger partial charge in [0, 0.05) is 24.7 Å². The number of piperidine rings is 2. The van der Waals surface area contributed by atoms with Gasteiger partial charge in [0.05, 0.1) is 0 Å². The molecule has 0 amide bonds. The zero-order valence-electron chi connectivity index (χ0n) is 11.5. The van der Waals surface area contributed by atoms with E-state index < -0.39 is 0 Å². The summed E-state index contributed by atoms with van der Waals surface area (Å²) in [5, 5.41) is 7.46. The van der Waals surface area contributed by atoms with Gasteiger partial charge >= 0.3 is 0 Å². The topological polar surface area (TPSA) is 27.3 Å². The molecular formula is C14H29N3. The normalized spacial score (nSPS) is 33.5. The summed E-state index contributed by atoms with van der Waals surface area (Å²) in [7, 11) is 2.24. The van der Waals surface area contributed by atoms with Gasteiger partial charge in [0.15, 0.2) is 0 Å². The number of nitrogens with one attached hydrogen (secondary N) is 2. The van der Waals surface area contributed by atoms with Gasteiger partial charge in [-0.05, 0) is 59.2 Å². The molecule has 0 aliphatic carbocycles. The van der Waals surface area contributed by atoms with Crippen molar-refractivity contribution in [1.82, 2.24) is 15.5 Å².